The van der Waals surface area contributed by atoms with Crippen molar-refractivity contribution in [1.82, 2.24) is 4.90 Å². The summed E-state index contributed by atoms with van der Waals surface area (Å²) in [6.45, 7) is 2.65. The van der Waals surface area contributed by atoms with Gasteiger partial charge in [0.25, 0.3) is 0 Å². The Balaban J connectivity index is 1.68. The maximum atomic E-state index is 11.7. The molecule has 0 spiro atoms. The van der Waals surface area contributed by atoms with Gasteiger partial charge in [0.05, 0.1) is 11.0 Å². The molecule has 0 amide bonds. The van der Waals surface area contributed by atoms with Gasteiger partial charge in [-0.15, -0.1) is 0 Å². The maximum Gasteiger partial charge on any atom is 0.231 e. The van der Waals surface area contributed by atoms with E-state index in [0.29, 0.717) is 10.6 Å². The van der Waals surface area contributed by atoms with Gasteiger partial charge in [0.1, 0.15) is 0 Å². The van der Waals surface area contributed by atoms with Gasteiger partial charge in [-0.2, -0.15) is 0 Å². The fourth-order valence-electron chi connectivity index (χ4n) is 3.58. The molecular formula is C20H23NO5S. The van der Waals surface area contributed by atoms with E-state index < -0.39 is 9.84 Å². The number of rotatable bonds is 4. The molecule has 0 aromatic heterocycles. The lowest BCUT2D eigenvalue weighted by Gasteiger charge is -2.30. The Bertz CT molecular complexity index is 932. The molecular weight excluding hydrogens is 366 g/mol. The van der Waals surface area contributed by atoms with Gasteiger partial charge in [-0.1, -0.05) is 12.1 Å². The third-order valence-corrected chi connectivity index (χ3v) is 6.27. The molecule has 2 heterocycles. The van der Waals surface area contributed by atoms with E-state index in [-0.39, 0.29) is 12.9 Å². The van der Waals surface area contributed by atoms with E-state index in [1.165, 1.54) is 6.26 Å². The van der Waals surface area contributed by atoms with Crippen molar-refractivity contribution in [2.24, 2.45) is 0 Å². The second-order valence-corrected chi connectivity index (χ2v) is 9.18. The summed E-state index contributed by atoms with van der Waals surface area (Å²) in [5, 5.41) is 9.73. The summed E-state index contributed by atoms with van der Waals surface area (Å²) in [4.78, 5) is 2.62. The van der Waals surface area contributed by atoms with Gasteiger partial charge < -0.3 is 14.6 Å². The van der Waals surface area contributed by atoms with Crippen molar-refractivity contribution in [2.45, 2.75) is 30.4 Å². The number of sulfone groups is 1. The number of fused-ring (bicyclic) bond motifs is 1. The van der Waals surface area contributed by atoms with Crippen molar-refractivity contribution >= 4 is 9.84 Å². The molecule has 144 valence electrons. The van der Waals surface area contributed by atoms with E-state index in [0.717, 1.165) is 54.9 Å². The predicted molar refractivity (Wildman–Crippen MR) is 102 cm³/mol. The van der Waals surface area contributed by atoms with Gasteiger partial charge in [-0.3, -0.25) is 4.90 Å². The number of piperidine rings is 1. The van der Waals surface area contributed by atoms with Crippen molar-refractivity contribution in [1.29, 1.82) is 0 Å². The second kappa shape index (κ2) is 7.14. The molecule has 2 aliphatic heterocycles. The number of benzene rings is 2. The van der Waals surface area contributed by atoms with Gasteiger partial charge in [-0.25, -0.2) is 8.42 Å². The first-order valence-electron chi connectivity index (χ1n) is 9.03. The smallest absolute Gasteiger partial charge is 0.231 e. The fourth-order valence-corrected chi connectivity index (χ4v) is 4.21. The summed E-state index contributed by atoms with van der Waals surface area (Å²) in [6, 6.07) is 10.9. The first-order valence-corrected chi connectivity index (χ1v) is 10.9. The third-order valence-electron chi connectivity index (χ3n) is 5.14. The minimum absolute atomic E-state index is 0.207. The first kappa shape index (κ1) is 18.3. The SMILES string of the molecule is CS(=O)(=O)c1ccc(-c2cc3c(cc2CN2CCC(O)CC2)OCO3)cc1. The minimum atomic E-state index is -3.23. The van der Waals surface area contributed by atoms with Crippen LogP contribution in [0.2, 0.25) is 0 Å². The second-order valence-electron chi connectivity index (χ2n) is 7.17. The van der Waals surface area contributed by atoms with Crippen LogP contribution in [0.3, 0.4) is 0 Å². The summed E-state index contributed by atoms with van der Waals surface area (Å²) in [5.74, 6) is 1.44. The van der Waals surface area contributed by atoms with E-state index in [1.807, 2.05) is 24.3 Å². The Kier molecular flexibility index (Phi) is 4.84. The number of ether oxygens (including phenoxy) is 2. The molecule has 1 fully saturated rings. The average Bonchev–Trinajstić information content (AvgIpc) is 3.10. The Morgan fingerprint density at radius 1 is 1.07 bits per heavy atom. The van der Waals surface area contributed by atoms with E-state index in [9.17, 15) is 13.5 Å². The summed E-state index contributed by atoms with van der Waals surface area (Å²) in [6.07, 6.45) is 2.56. The van der Waals surface area contributed by atoms with E-state index in [2.05, 4.69) is 4.90 Å². The van der Waals surface area contributed by atoms with E-state index >= 15 is 0 Å². The molecule has 2 aromatic carbocycles. The van der Waals surface area contributed by atoms with E-state index in [1.54, 1.807) is 12.1 Å². The van der Waals surface area contributed by atoms with Crippen LogP contribution < -0.4 is 9.47 Å². The van der Waals surface area contributed by atoms with Crippen LogP contribution in [0.4, 0.5) is 0 Å². The lowest BCUT2D eigenvalue weighted by Crippen LogP contribution is -2.35. The van der Waals surface area contributed by atoms with Crippen LogP contribution in [-0.4, -0.2) is 50.7 Å². The first-order chi connectivity index (χ1) is 12.9. The quantitative estimate of drug-likeness (QED) is 0.866. The Hall–Kier alpha value is -2.09. The van der Waals surface area contributed by atoms with Gasteiger partial charge in [-0.05, 0) is 53.8 Å². The zero-order chi connectivity index (χ0) is 19.0. The minimum Gasteiger partial charge on any atom is -0.454 e. The molecule has 0 aliphatic carbocycles. The number of aliphatic hydroxyl groups excluding tert-OH is 1. The van der Waals surface area contributed by atoms with Crippen molar-refractivity contribution < 1.29 is 23.0 Å². The zero-order valence-electron chi connectivity index (χ0n) is 15.2. The third kappa shape index (κ3) is 3.95. The van der Waals surface area contributed by atoms with Gasteiger partial charge in [0, 0.05) is 25.9 Å². The monoisotopic (exact) mass is 389 g/mol. The summed E-state index contributed by atoms with van der Waals surface area (Å²) in [7, 11) is -3.23. The zero-order valence-corrected chi connectivity index (χ0v) is 16.0. The molecule has 27 heavy (non-hydrogen) atoms. The van der Waals surface area contributed by atoms with Gasteiger partial charge in [0.15, 0.2) is 21.3 Å². The molecule has 1 N–H and O–H groups in total. The molecule has 4 rings (SSSR count). The number of aliphatic hydroxyl groups is 1. The van der Waals surface area contributed by atoms with E-state index in [4.69, 9.17) is 9.47 Å². The number of likely N-dealkylation sites (tertiary alicyclic amines) is 1. The van der Waals surface area contributed by atoms with Crippen molar-refractivity contribution in [2.75, 3.05) is 26.1 Å². The van der Waals surface area contributed by atoms with Crippen LogP contribution in [0.25, 0.3) is 11.1 Å². The highest BCUT2D eigenvalue weighted by atomic mass is 32.2. The van der Waals surface area contributed by atoms with Crippen LogP contribution in [0.15, 0.2) is 41.3 Å². The Labute approximate surface area is 159 Å². The van der Waals surface area contributed by atoms with Crippen LogP contribution in [0.5, 0.6) is 11.5 Å². The molecule has 0 saturated carbocycles. The van der Waals surface area contributed by atoms with Crippen molar-refractivity contribution in [3.63, 3.8) is 0 Å². The lowest BCUT2D eigenvalue weighted by molar-refractivity contribution is 0.0793. The normalized spacial score (nSPS) is 18.0. The average molecular weight is 389 g/mol. The van der Waals surface area contributed by atoms with Gasteiger partial charge >= 0.3 is 0 Å². The largest absolute Gasteiger partial charge is 0.454 e. The highest BCUT2D eigenvalue weighted by molar-refractivity contribution is 7.90. The van der Waals surface area contributed by atoms with Crippen LogP contribution in [0, 0.1) is 0 Å². The fraction of sp³-hybridized carbons (Fsp3) is 0.400. The number of nitrogens with zero attached hydrogens (tertiary/aromatic N) is 1. The molecule has 0 bridgehead atoms. The number of hydrogen-bond acceptors (Lipinski definition) is 6. The van der Waals surface area contributed by atoms with Crippen molar-refractivity contribution in [3.8, 4) is 22.6 Å². The summed E-state index contributed by atoms with van der Waals surface area (Å²) >= 11 is 0. The molecule has 0 atom stereocenters. The summed E-state index contributed by atoms with van der Waals surface area (Å²) < 4.78 is 34.5. The van der Waals surface area contributed by atoms with Crippen LogP contribution >= 0.6 is 0 Å². The standard InChI is InChI=1S/C20H23NO5S/c1-27(23,24)17-4-2-14(3-5-17)18-11-20-19(25-13-26-20)10-15(18)12-21-8-6-16(22)7-9-21/h2-5,10-11,16,22H,6-9,12-13H2,1H3. The Morgan fingerprint density at radius 2 is 1.70 bits per heavy atom. The lowest BCUT2D eigenvalue weighted by atomic mass is 9.97. The molecule has 2 aromatic rings. The molecule has 7 heteroatoms. The Morgan fingerprint density at radius 3 is 2.33 bits per heavy atom. The highest BCUT2D eigenvalue weighted by Crippen LogP contribution is 2.39. The van der Waals surface area contributed by atoms with Crippen LogP contribution in [0.1, 0.15) is 18.4 Å². The highest BCUT2D eigenvalue weighted by Gasteiger charge is 2.22. The predicted octanol–water partition coefficient (Wildman–Crippen LogP) is 2.44. The number of hydrogen-bond donors (Lipinski definition) is 1. The summed E-state index contributed by atoms with van der Waals surface area (Å²) in [5.41, 5.74) is 3.04. The van der Waals surface area contributed by atoms with Crippen LogP contribution in [-0.2, 0) is 16.4 Å². The topological polar surface area (TPSA) is 76.1 Å². The molecule has 0 unspecified atom stereocenters. The van der Waals surface area contributed by atoms with Gasteiger partial charge in [0.2, 0.25) is 6.79 Å². The molecule has 0 radical (unpaired) electrons. The molecule has 2 aliphatic rings. The van der Waals surface area contributed by atoms with Crippen molar-refractivity contribution in [3.05, 3.63) is 42.0 Å². The molecule has 6 nitrogen and oxygen atoms in total. The maximum absolute atomic E-state index is 11.7. The molecule has 1 saturated heterocycles.